The number of aliphatic hydroxyl groups is 1. The van der Waals surface area contributed by atoms with Gasteiger partial charge in [0, 0.05) is 23.6 Å². The largest absolute Gasteiger partial charge is 0.486 e. The fraction of sp³-hybridized carbons (Fsp3) is 0.533. The summed E-state index contributed by atoms with van der Waals surface area (Å²) in [6.07, 6.45) is -2.05. The highest BCUT2D eigenvalue weighted by Gasteiger charge is 2.33. The number of alkyl halides is 1. The van der Waals surface area contributed by atoms with Crippen molar-refractivity contribution in [3.05, 3.63) is 18.2 Å². The molecule has 0 aliphatic carbocycles. The summed E-state index contributed by atoms with van der Waals surface area (Å²) in [5.41, 5.74) is 0. The van der Waals surface area contributed by atoms with Crippen molar-refractivity contribution in [3.63, 3.8) is 0 Å². The van der Waals surface area contributed by atoms with Gasteiger partial charge in [-0.3, -0.25) is 4.79 Å². The summed E-state index contributed by atoms with van der Waals surface area (Å²) in [7, 11) is 0. The lowest BCUT2D eigenvalue weighted by atomic mass is 10.3. The number of carbonyl (C=O) groups is 1. The number of nitrogens with zero attached hydrogens (tertiary/aromatic N) is 1. The number of hydrogen-bond acceptors (Lipinski definition) is 5. The van der Waals surface area contributed by atoms with Gasteiger partial charge in [0.25, 0.3) is 0 Å². The van der Waals surface area contributed by atoms with Crippen LogP contribution < -0.4 is 9.47 Å². The summed E-state index contributed by atoms with van der Waals surface area (Å²) in [4.78, 5) is 14.3. The third-order valence-corrected chi connectivity index (χ3v) is 4.67. The lowest BCUT2D eigenvalue weighted by molar-refractivity contribution is -0.130. The van der Waals surface area contributed by atoms with Crippen LogP contribution in [0.5, 0.6) is 11.5 Å². The molecule has 0 radical (unpaired) electrons. The van der Waals surface area contributed by atoms with Crippen LogP contribution in [0.25, 0.3) is 0 Å². The fourth-order valence-electron chi connectivity index (χ4n) is 2.48. The predicted octanol–water partition coefficient (Wildman–Crippen LogP) is 1.48. The maximum atomic E-state index is 13.2. The number of fused-ring (bicyclic) bond motifs is 1. The third kappa shape index (κ3) is 3.47. The van der Waals surface area contributed by atoms with Gasteiger partial charge in [-0.15, -0.1) is 11.8 Å². The van der Waals surface area contributed by atoms with Gasteiger partial charge in [0.2, 0.25) is 5.91 Å². The van der Waals surface area contributed by atoms with Crippen molar-refractivity contribution in [1.82, 2.24) is 4.90 Å². The summed E-state index contributed by atoms with van der Waals surface area (Å²) in [5, 5.41) is 9.33. The van der Waals surface area contributed by atoms with E-state index >= 15 is 0 Å². The second kappa shape index (κ2) is 6.75. The van der Waals surface area contributed by atoms with E-state index in [1.807, 2.05) is 18.2 Å². The molecule has 1 aromatic rings. The molecule has 0 bridgehead atoms. The van der Waals surface area contributed by atoms with E-state index in [9.17, 15) is 14.3 Å². The summed E-state index contributed by atoms with van der Waals surface area (Å²) in [6.45, 7) is 1.19. The molecule has 0 spiro atoms. The molecule has 7 heteroatoms. The zero-order valence-electron chi connectivity index (χ0n) is 12.0. The Hall–Kier alpha value is -1.47. The average Bonchev–Trinajstić information content (AvgIpc) is 2.86. The third-order valence-electron chi connectivity index (χ3n) is 3.67. The van der Waals surface area contributed by atoms with E-state index in [1.54, 1.807) is 11.8 Å². The summed E-state index contributed by atoms with van der Waals surface area (Å²) in [5.74, 6) is 1.95. The molecule has 22 heavy (non-hydrogen) atoms. The average molecular weight is 327 g/mol. The van der Waals surface area contributed by atoms with Gasteiger partial charge in [-0.2, -0.15) is 0 Å². The molecule has 1 amide bonds. The Morgan fingerprint density at radius 2 is 2.09 bits per heavy atom. The minimum Gasteiger partial charge on any atom is -0.486 e. The first kappa shape index (κ1) is 15.4. The molecule has 3 rings (SSSR count). The van der Waals surface area contributed by atoms with Gasteiger partial charge >= 0.3 is 0 Å². The molecular formula is C15H18FNO4S. The molecule has 1 N–H and O–H groups in total. The van der Waals surface area contributed by atoms with Crippen molar-refractivity contribution in [2.24, 2.45) is 0 Å². The maximum absolute atomic E-state index is 13.2. The Kier molecular flexibility index (Phi) is 4.73. The molecular weight excluding hydrogens is 309 g/mol. The van der Waals surface area contributed by atoms with E-state index in [2.05, 4.69) is 0 Å². The first-order valence-electron chi connectivity index (χ1n) is 7.26. The van der Waals surface area contributed by atoms with Crippen LogP contribution in [0.2, 0.25) is 0 Å². The van der Waals surface area contributed by atoms with Crippen molar-refractivity contribution in [3.8, 4) is 11.5 Å². The van der Waals surface area contributed by atoms with Crippen LogP contribution in [0.4, 0.5) is 4.39 Å². The molecule has 1 saturated heterocycles. The molecule has 5 nitrogen and oxygen atoms in total. The second-order valence-electron chi connectivity index (χ2n) is 5.29. The molecule has 0 unspecified atom stereocenters. The molecule has 2 aliphatic heterocycles. The number of hydrogen-bond donors (Lipinski definition) is 1. The van der Waals surface area contributed by atoms with Crippen LogP contribution in [0.3, 0.4) is 0 Å². The van der Waals surface area contributed by atoms with Crippen molar-refractivity contribution >= 4 is 17.7 Å². The van der Waals surface area contributed by atoms with Crippen LogP contribution in [-0.4, -0.2) is 60.2 Å². The Bertz CT molecular complexity index is 546. The number of likely N-dealkylation sites (tertiary alicyclic amines) is 1. The topological polar surface area (TPSA) is 59.0 Å². The first-order valence-corrected chi connectivity index (χ1v) is 8.24. The number of halogens is 1. The van der Waals surface area contributed by atoms with Gasteiger partial charge < -0.3 is 19.5 Å². The van der Waals surface area contributed by atoms with Gasteiger partial charge in [-0.1, -0.05) is 0 Å². The molecule has 1 fully saturated rings. The molecule has 1 aromatic carbocycles. The van der Waals surface area contributed by atoms with Crippen molar-refractivity contribution < 1.29 is 23.8 Å². The van der Waals surface area contributed by atoms with Crippen LogP contribution in [-0.2, 0) is 4.79 Å². The van der Waals surface area contributed by atoms with E-state index < -0.39 is 12.3 Å². The smallest absolute Gasteiger partial charge is 0.223 e. The molecule has 0 aromatic heterocycles. The number of ether oxygens (including phenoxy) is 2. The quantitative estimate of drug-likeness (QED) is 0.849. The first-order chi connectivity index (χ1) is 10.6. The number of aliphatic hydroxyl groups excluding tert-OH is 1. The van der Waals surface area contributed by atoms with Gasteiger partial charge in [-0.25, -0.2) is 4.39 Å². The lowest BCUT2D eigenvalue weighted by Crippen LogP contribution is -2.29. The van der Waals surface area contributed by atoms with Crippen LogP contribution in [0, 0.1) is 0 Å². The summed E-state index contributed by atoms with van der Waals surface area (Å²) >= 11 is 1.54. The number of β-amino-alcohol motifs (C(OH)–C–C–N with tert-alkyl or cyclic N) is 1. The molecule has 120 valence electrons. The lowest BCUT2D eigenvalue weighted by Gasteiger charge is -2.19. The SMILES string of the molecule is O=C(CCSc1ccc2c(c1)OCCO2)N1C[C@@H](O)[C@H](F)C1. The zero-order chi connectivity index (χ0) is 15.5. The number of carbonyl (C=O) groups excluding carboxylic acids is 1. The van der Waals surface area contributed by atoms with Gasteiger partial charge in [0.05, 0.1) is 6.54 Å². The number of rotatable bonds is 4. The van der Waals surface area contributed by atoms with Gasteiger partial charge in [-0.05, 0) is 18.2 Å². The standard InChI is InChI=1S/C15H18FNO4S/c16-11-8-17(9-12(11)18)15(19)3-6-22-10-1-2-13-14(7-10)21-5-4-20-13/h1-2,7,11-12,18H,3-6,8-9H2/t11-,12-/m1/s1. The van der Waals surface area contributed by atoms with Crippen LogP contribution in [0.15, 0.2) is 23.1 Å². The van der Waals surface area contributed by atoms with Crippen LogP contribution >= 0.6 is 11.8 Å². The molecule has 0 saturated carbocycles. The van der Waals surface area contributed by atoms with Crippen LogP contribution in [0.1, 0.15) is 6.42 Å². The highest BCUT2D eigenvalue weighted by atomic mass is 32.2. The van der Waals surface area contributed by atoms with Crippen molar-refractivity contribution in [2.75, 3.05) is 32.1 Å². The highest BCUT2D eigenvalue weighted by molar-refractivity contribution is 7.99. The molecule has 2 aliphatic rings. The van der Waals surface area contributed by atoms with E-state index in [1.165, 1.54) is 4.90 Å². The Balaban J connectivity index is 1.48. The molecule has 2 atom stereocenters. The Morgan fingerprint density at radius 3 is 2.82 bits per heavy atom. The molecule has 2 heterocycles. The minimum absolute atomic E-state index is 0.00527. The fourth-order valence-corrected chi connectivity index (χ4v) is 3.35. The summed E-state index contributed by atoms with van der Waals surface area (Å²) < 4.78 is 24.2. The number of amides is 1. The Morgan fingerprint density at radius 1 is 1.32 bits per heavy atom. The number of benzene rings is 1. The van der Waals surface area contributed by atoms with E-state index in [0.717, 1.165) is 16.4 Å². The zero-order valence-corrected chi connectivity index (χ0v) is 12.9. The van der Waals surface area contributed by atoms with E-state index in [0.29, 0.717) is 25.4 Å². The van der Waals surface area contributed by atoms with Crippen molar-refractivity contribution in [1.29, 1.82) is 0 Å². The highest BCUT2D eigenvalue weighted by Crippen LogP contribution is 2.34. The second-order valence-corrected chi connectivity index (χ2v) is 6.45. The van der Waals surface area contributed by atoms with Gasteiger partial charge in [0.1, 0.15) is 25.5 Å². The maximum Gasteiger partial charge on any atom is 0.223 e. The van der Waals surface area contributed by atoms with E-state index in [-0.39, 0.29) is 19.0 Å². The van der Waals surface area contributed by atoms with Crippen molar-refractivity contribution in [2.45, 2.75) is 23.6 Å². The normalized spacial score (nSPS) is 23.6. The monoisotopic (exact) mass is 327 g/mol. The van der Waals surface area contributed by atoms with Gasteiger partial charge in [0.15, 0.2) is 11.5 Å². The van der Waals surface area contributed by atoms with E-state index in [4.69, 9.17) is 9.47 Å². The minimum atomic E-state index is -1.32. The predicted molar refractivity (Wildman–Crippen MR) is 80.3 cm³/mol. The number of thioether (sulfide) groups is 1. The Labute approximate surface area is 132 Å². The summed E-state index contributed by atoms with van der Waals surface area (Å²) in [6, 6.07) is 5.70.